The number of thioether (sulfide) groups is 1. The molecule has 0 radical (unpaired) electrons. The zero-order valence-electron chi connectivity index (χ0n) is 13.3. The molecule has 0 saturated heterocycles. The van der Waals surface area contributed by atoms with Crippen LogP contribution in [0.1, 0.15) is 20.3 Å². The first kappa shape index (κ1) is 17.3. The van der Waals surface area contributed by atoms with E-state index in [1.165, 1.54) is 11.8 Å². The molecule has 2 aromatic rings. The van der Waals surface area contributed by atoms with Gasteiger partial charge in [0.1, 0.15) is 0 Å². The lowest BCUT2D eigenvalue weighted by molar-refractivity contribution is -0.117. The smallest absolute Gasteiger partial charge is 0.321 e. The lowest BCUT2D eigenvalue weighted by Crippen LogP contribution is -2.40. The Kier molecular flexibility index (Phi) is 6.40. The topological polar surface area (TPSA) is 71.1 Å². The summed E-state index contributed by atoms with van der Waals surface area (Å²) in [7, 11) is 0. The van der Waals surface area contributed by atoms with E-state index in [0.717, 1.165) is 22.3 Å². The molecule has 2 rings (SSSR count). The number of carbonyl (C=O) groups is 2. The van der Waals surface area contributed by atoms with Gasteiger partial charge in [-0.25, -0.2) is 9.78 Å². The van der Waals surface area contributed by atoms with Gasteiger partial charge in [0, 0.05) is 11.9 Å². The van der Waals surface area contributed by atoms with Gasteiger partial charge in [0.05, 0.1) is 16.3 Å². The average Bonchev–Trinajstić information content (AvgIpc) is 2.52. The van der Waals surface area contributed by atoms with Crippen LogP contribution in [0.4, 0.5) is 4.79 Å². The Morgan fingerprint density at radius 2 is 1.96 bits per heavy atom. The van der Waals surface area contributed by atoms with Crippen molar-refractivity contribution >= 4 is 34.6 Å². The molecule has 5 nitrogen and oxygen atoms in total. The van der Waals surface area contributed by atoms with Gasteiger partial charge in [-0.15, -0.1) is 0 Å². The molecule has 0 atom stereocenters. The molecule has 0 spiro atoms. The van der Waals surface area contributed by atoms with Gasteiger partial charge < -0.3 is 5.32 Å². The Morgan fingerprint density at radius 1 is 1.17 bits per heavy atom. The predicted octanol–water partition coefficient (Wildman–Crippen LogP) is 3.20. The van der Waals surface area contributed by atoms with Gasteiger partial charge in [-0.1, -0.05) is 49.9 Å². The summed E-state index contributed by atoms with van der Waals surface area (Å²) < 4.78 is 0. The zero-order chi connectivity index (χ0) is 16.7. The van der Waals surface area contributed by atoms with Crippen molar-refractivity contribution in [1.29, 1.82) is 0 Å². The summed E-state index contributed by atoms with van der Waals surface area (Å²) in [4.78, 5) is 27.8. The highest BCUT2D eigenvalue weighted by Crippen LogP contribution is 2.19. The molecule has 0 unspecified atom stereocenters. The number of benzene rings is 1. The zero-order valence-corrected chi connectivity index (χ0v) is 14.2. The Bertz CT molecular complexity index is 688. The second-order valence-electron chi connectivity index (χ2n) is 5.62. The molecule has 0 fully saturated rings. The third-order valence-electron chi connectivity index (χ3n) is 3.18. The second kappa shape index (κ2) is 8.53. The fourth-order valence-corrected chi connectivity index (χ4v) is 2.63. The fraction of sp³-hybridized carbons (Fsp3) is 0.353. The van der Waals surface area contributed by atoms with Gasteiger partial charge in [0.25, 0.3) is 0 Å². The number of nitrogens with zero attached hydrogens (tertiary/aromatic N) is 1. The third-order valence-corrected chi connectivity index (χ3v) is 4.11. The number of hydrogen-bond donors (Lipinski definition) is 2. The number of amides is 3. The molecule has 3 amide bonds. The van der Waals surface area contributed by atoms with Crippen molar-refractivity contribution in [3.05, 3.63) is 36.4 Å². The minimum atomic E-state index is -0.442. The molecule has 6 heteroatoms. The van der Waals surface area contributed by atoms with Crippen LogP contribution in [0, 0.1) is 5.92 Å². The number of hydrogen-bond acceptors (Lipinski definition) is 4. The van der Waals surface area contributed by atoms with Gasteiger partial charge in [0.15, 0.2) is 0 Å². The number of imide groups is 1. The van der Waals surface area contributed by atoms with Crippen LogP contribution in [-0.2, 0) is 4.79 Å². The number of carbonyl (C=O) groups excluding carboxylic acids is 2. The number of aromatic nitrogens is 1. The SMILES string of the molecule is CC(C)CCNC(=O)NC(=O)CSc1ccc2ccccc2n1. The highest BCUT2D eigenvalue weighted by Gasteiger charge is 2.09. The quantitative estimate of drug-likeness (QED) is 0.798. The summed E-state index contributed by atoms with van der Waals surface area (Å²) in [5, 5.41) is 6.82. The average molecular weight is 331 g/mol. The van der Waals surface area contributed by atoms with E-state index in [-0.39, 0.29) is 11.7 Å². The lowest BCUT2D eigenvalue weighted by atomic mass is 10.1. The first-order valence-electron chi connectivity index (χ1n) is 7.61. The van der Waals surface area contributed by atoms with E-state index in [0.29, 0.717) is 12.5 Å². The maximum atomic E-state index is 11.8. The van der Waals surface area contributed by atoms with Gasteiger partial charge in [0.2, 0.25) is 5.91 Å². The Balaban J connectivity index is 1.77. The van der Waals surface area contributed by atoms with E-state index < -0.39 is 6.03 Å². The molecule has 2 N–H and O–H groups in total. The summed E-state index contributed by atoms with van der Waals surface area (Å²) >= 11 is 1.31. The van der Waals surface area contributed by atoms with E-state index >= 15 is 0 Å². The molecule has 0 aliphatic heterocycles. The van der Waals surface area contributed by atoms with Crippen LogP contribution >= 0.6 is 11.8 Å². The van der Waals surface area contributed by atoms with Gasteiger partial charge in [-0.3, -0.25) is 10.1 Å². The monoisotopic (exact) mass is 331 g/mol. The van der Waals surface area contributed by atoms with Crippen LogP contribution in [-0.4, -0.2) is 29.2 Å². The van der Waals surface area contributed by atoms with Gasteiger partial charge in [-0.2, -0.15) is 0 Å². The molecular weight excluding hydrogens is 310 g/mol. The van der Waals surface area contributed by atoms with Crippen molar-refractivity contribution in [3.63, 3.8) is 0 Å². The molecule has 1 heterocycles. The first-order chi connectivity index (χ1) is 11.0. The van der Waals surface area contributed by atoms with Crippen LogP contribution in [0.15, 0.2) is 41.4 Å². The molecule has 0 saturated carbocycles. The first-order valence-corrected chi connectivity index (χ1v) is 8.59. The minimum Gasteiger partial charge on any atom is -0.338 e. The predicted molar refractivity (Wildman–Crippen MR) is 93.5 cm³/mol. The van der Waals surface area contributed by atoms with Crippen molar-refractivity contribution in [2.45, 2.75) is 25.3 Å². The summed E-state index contributed by atoms with van der Waals surface area (Å²) in [5.74, 6) is 0.343. The van der Waals surface area contributed by atoms with Crippen molar-refractivity contribution in [1.82, 2.24) is 15.6 Å². The summed E-state index contributed by atoms with van der Waals surface area (Å²) in [6, 6.07) is 11.2. The maximum Gasteiger partial charge on any atom is 0.321 e. The van der Waals surface area contributed by atoms with Gasteiger partial charge >= 0.3 is 6.03 Å². The Hall–Kier alpha value is -2.08. The van der Waals surface area contributed by atoms with Crippen LogP contribution in [0.3, 0.4) is 0 Å². The maximum absolute atomic E-state index is 11.8. The van der Waals surface area contributed by atoms with Crippen molar-refractivity contribution in [3.8, 4) is 0 Å². The largest absolute Gasteiger partial charge is 0.338 e. The molecule has 0 bridgehead atoms. The third kappa shape index (κ3) is 5.90. The Labute approximate surface area is 140 Å². The number of pyridine rings is 1. The number of fused-ring (bicyclic) bond motifs is 1. The van der Waals surface area contributed by atoms with E-state index in [2.05, 4.69) is 29.5 Å². The summed E-state index contributed by atoms with van der Waals surface area (Å²) in [5.41, 5.74) is 0.893. The van der Waals surface area contributed by atoms with Crippen LogP contribution < -0.4 is 10.6 Å². The van der Waals surface area contributed by atoms with Crippen molar-refractivity contribution in [2.75, 3.05) is 12.3 Å². The fourth-order valence-electron chi connectivity index (χ4n) is 1.95. The van der Waals surface area contributed by atoms with Crippen LogP contribution in [0.2, 0.25) is 0 Å². The molecule has 23 heavy (non-hydrogen) atoms. The van der Waals surface area contributed by atoms with E-state index in [1.54, 1.807) is 0 Å². The normalized spacial score (nSPS) is 10.7. The minimum absolute atomic E-state index is 0.156. The van der Waals surface area contributed by atoms with Crippen molar-refractivity contribution < 1.29 is 9.59 Å². The van der Waals surface area contributed by atoms with E-state index in [9.17, 15) is 9.59 Å². The van der Waals surface area contributed by atoms with Crippen LogP contribution in [0.5, 0.6) is 0 Å². The van der Waals surface area contributed by atoms with Gasteiger partial charge in [-0.05, 0) is 24.5 Å². The van der Waals surface area contributed by atoms with E-state index in [4.69, 9.17) is 0 Å². The standard InChI is InChI=1S/C17H21N3O2S/c1-12(2)9-10-18-17(22)20-15(21)11-23-16-8-7-13-5-3-4-6-14(13)19-16/h3-8,12H,9-11H2,1-2H3,(H2,18,20,21,22). The highest BCUT2D eigenvalue weighted by atomic mass is 32.2. The molecule has 122 valence electrons. The molecule has 1 aromatic carbocycles. The number of rotatable bonds is 6. The van der Waals surface area contributed by atoms with E-state index in [1.807, 2.05) is 36.4 Å². The molecule has 0 aliphatic rings. The second-order valence-corrected chi connectivity index (χ2v) is 6.61. The number of urea groups is 1. The van der Waals surface area contributed by atoms with Crippen LogP contribution in [0.25, 0.3) is 10.9 Å². The van der Waals surface area contributed by atoms with Crippen molar-refractivity contribution in [2.24, 2.45) is 5.92 Å². The summed E-state index contributed by atoms with van der Waals surface area (Å²) in [6.07, 6.45) is 0.886. The lowest BCUT2D eigenvalue weighted by Gasteiger charge is -2.08. The summed E-state index contributed by atoms with van der Waals surface area (Å²) in [6.45, 7) is 4.73. The molecular formula is C17H21N3O2S. The number of nitrogens with one attached hydrogen (secondary N) is 2. The molecule has 1 aromatic heterocycles. The molecule has 0 aliphatic carbocycles. The highest BCUT2D eigenvalue weighted by molar-refractivity contribution is 7.99. The number of para-hydroxylation sites is 1. The Morgan fingerprint density at radius 3 is 2.74 bits per heavy atom.